The van der Waals surface area contributed by atoms with E-state index in [1.807, 2.05) is 62.4 Å². The second-order valence-electron chi connectivity index (χ2n) is 6.16. The Hall–Kier alpha value is -2.63. The number of amides is 1. The van der Waals surface area contributed by atoms with Crippen LogP contribution in [0.5, 0.6) is 0 Å². The van der Waals surface area contributed by atoms with Crippen molar-refractivity contribution in [3.05, 3.63) is 65.4 Å². The molecule has 3 aromatic rings. The number of carbonyl (C=O) groups is 1. The lowest BCUT2D eigenvalue weighted by molar-refractivity contribution is -0.136. The number of H-pyrrole nitrogens is 1. The standard InChI is InChI=1S/C20H22N2O3/c1-13-7-9-15(10-8-13)22-19(23)12-25-20(24)11-17-14(2)21-18-6-4-3-5-16(17)18/h3-10,20-21,24H,11-12H2,1-2H3,(H,22,23). The summed E-state index contributed by atoms with van der Waals surface area (Å²) in [7, 11) is 0. The molecule has 0 radical (unpaired) electrons. The molecule has 0 bridgehead atoms. The van der Waals surface area contributed by atoms with Crippen molar-refractivity contribution in [3.63, 3.8) is 0 Å². The number of aliphatic hydroxyl groups is 1. The van der Waals surface area contributed by atoms with E-state index < -0.39 is 6.29 Å². The highest BCUT2D eigenvalue weighted by Crippen LogP contribution is 2.23. The summed E-state index contributed by atoms with van der Waals surface area (Å²) >= 11 is 0. The molecule has 0 aliphatic heterocycles. The molecule has 1 aromatic heterocycles. The summed E-state index contributed by atoms with van der Waals surface area (Å²) in [4.78, 5) is 15.2. The minimum atomic E-state index is -1.04. The van der Waals surface area contributed by atoms with E-state index >= 15 is 0 Å². The van der Waals surface area contributed by atoms with Crippen molar-refractivity contribution in [1.82, 2.24) is 4.98 Å². The molecule has 25 heavy (non-hydrogen) atoms. The number of aryl methyl sites for hydroxylation is 2. The molecule has 1 heterocycles. The first-order chi connectivity index (χ1) is 12.0. The molecular weight excluding hydrogens is 316 g/mol. The van der Waals surface area contributed by atoms with Crippen LogP contribution in [0.3, 0.4) is 0 Å². The van der Waals surface area contributed by atoms with Gasteiger partial charge in [0.25, 0.3) is 0 Å². The average Bonchev–Trinajstić information content (AvgIpc) is 2.91. The van der Waals surface area contributed by atoms with Crippen LogP contribution in [-0.4, -0.2) is 28.9 Å². The molecule has 0 saturated carbocycles. The average molecular weight is 338 g/mol. The Bertz CT molecular complexity index is 868. The predicted molar refractivity (Wildman–Crippen MR) is 98.5 cm³/mol. The highest BCUT2D eigenvalue weighted by molar-refractivity contribution is 5.91. The Morgan fingerprint density at radius 2 is 1.88 bits per heavy atom. The molecule has 1 amide bonds. The molecule has 130 valence electrons. The zero-order valence-electron chi connectivity index (χ0n) is 14.4. The van der Waals surface area contributed by atoms with E-state index in [1.165, 1.54) is 0 Å². The highest BCUT2D eigenvalue weighted by Gasteiger charge is 2.14. The number of benzene rings is 2. The van der Waals surface area contributed by atoms with E-state index in [0.29, 0.717) is 12.1 Å². The number of aliphatic hydroxyl groups excluding tert-OH is 1. The number of para-hydroxylation sites is 1. The van der Waals surface area contributed by atoms with Gasteiger partial charge in [-0.3, -0.25) is 4.79 Å². The monoisotopic (exact) mass is 338 g/mol. The number of hydrogen-bond donors (Lipinski definition) is 3. The second kappa shape index (κ2) is 7.51. The molecular formula is C20H22N2O3. The van der Waals surface area contributed by atoms with Crippen LogP contribution in [0.25, 0.3) is 10.9 Å². The number of rotatable bonds is 6. The summed E-state index contributed by atoms with van der Waals surface area (Å²) in [5.74, 6) is -0.293. The molecule has 1 atom stereocenters. The van der Waals surface area contributed by atoms with Crippen LogP contribution >= 0.6 is 0 Å². The maximum atomic E-state index is 11.9. The molecule has 1 unspecified atom stereocenters. The highest BCUT2D eigenvalue weighted by atomic mass is 16.6. The van der Waals surface area contributed by atoms with Crippen LogP contribution in [0.2, 0.25) is 0 Å². The number of nitrogens with one attached hydrogen (secondary N) is 2. The summed E-state index contributed by atoms with van der Waals surface area (Å²) in [6.45, 7) is 3.75. The van der Waals surface area contributed by atoms with Crippen molar-refractivity contribution < 1.29 is 14.6 Å². The van der Waals surface area contributed by atoms with Gasteiger partial charge in [0.2, 0.25) is 5.91 Å². The third-order valence-corrected chi connectivity index (χ3v) is 4.15. The molecule has 5 nitrogen and oxygen atoms in total. The first kappa shape index (κ1) is 17.2. The van der Waals surface area contributed by atoms with Gasteiger partial charge >= 0.3 is 0 Å². The van der Waals surface area contributed by atoms with Crippen molar-refractivity contribution in [1.29, 1.82) is 0 Å². The predicted octanol–water partition coefficient (Wildman–Crippen LogP) is 3.30. The fourth-order valence-corrected chi connectivity index (χ4v) is 2.84. The van der Waals surface area contributed by atoms with Gasteiger partial charge in [-0.25, -0.2) is 0 Å². The van der Waals surface area contributed by atoms with Crippen molar-refractivity contribution in [2.45, 2.75) is 26.6 Å². The van der Waals surface area contributed by atoms with E-state index in [0.717, 1.165) is 27.7 Å². The van der Waals surface area contributed by atoms with E-state index in [9.17, 15) is 9.90 Å². The Balaban J connectivity index is 1.55. The SMILES string of the molecule is Cc1ccc(NC(=O)COC(O)Cc2c(C)[nH]c3ccccc23)cc1. The normalized spacial score (nSPS) is 12.3. The summed E-state index contributed by atoms with van der Waals surface area (Å²) in [6, 6.07) is 15.4. The second-order valence-corrected chi connectivity index (χ2v) is 6.16. The minimum absolute atomic E-state index is 0.198. The molecule has 0 fully saturated rings. The van der Waals surface area contributed by atoms with Crippen LogP contribution in [0, 0.1) is 13.8 Å². The summed E-state index contributed by atoms with van der Waals surface area (Å²) in [5.41, 5.74) is 4.86. The first-order valence-electron chi connectivity index (χ1n) is 8.25. The van der Waals surface area contributed by atoms with E-state index in [4.69, 9.17) is 4.74 Å². The van der Waals surface area contributed by atoms with Gasteiger partial charge < -0.3 is 20.1 Å². The van der Waals surface area contributed by atoms with Gasteiger partial charge in [0.15, 0.2) is 6.29 Å². The zero-order chi connectivity index (χ0) is 17.8. The summed E-state index contributed by atoms with van der Waals surface area (Å²) < 4.78 is 5.31. The fraction of sp³-hybridized carbons (Fsp3) is 0.250. The Morgan fingerprint density at radius 3 is 2.64 bits per heavy atom. The maximum absolute atomic E-state index is 11.9. The van der Waals surface area contributed by atoms with Crippen molar-refractivity contribution in [2.24, 2.45) is 0 Å². The summed E-state index contributed by atoms with van der Waals surface area (Å²) in [5, 5.41) is 13.9. The molecule has 3 rings (SSSR count). The third-order valence-electron chi connectivity index (χ3n) is 4.15. The van der Waals surface area contributed by atoms with Crippen LogP contribution < -0.4 is 5.32 Å². The van der Waals surface area contributed by atoms with Gasteiger partial charge in [0.05, 0.1) is 0 Å². The summed E-state index contributed by atoms with van der Waals surface area (Å²) in [6.07, 6.45) is -0.713. The van der Waals surface area contributed by atoms with Crippen molar-refractivity contribution in [2.75, 3.05) is 11.9 Å². The lowest BCUT2D eigenvalue weighted by Gasteiger charge is -2.12. The van der Waals surface area contributed by atoms with Gasteiger partial charge in [-0.05, 0) is 37.6 Å². The number of aromatic nitrogens is 1. The van der Waals surface area contributed by atoms with Crippen LogP contribution in [0.15, 0.2) is 48.5 Å². The zero-order valence-corrected chi connectivity index (χ0v) is 14.4. The number of ether oxygens (including phenoxy) is 1. The third kappa shape index (κ3) is 4.26. The topological polar surface area (TPSA) is 74.3 Å². The van der Waals surface area contributed by atoms with Crippen LogP contribution in [0.4, 0.5) is 5.69 Å². The number of aromatic amines is 1. The number of anilines is 1. The van der Waals surface area contributed by atoms with Gasteiger partial charge in [0, 0.05) is 28.7 Å². The molecule has 0 saturated heterocycles. The quantitative estimate of drug-likeness (QED) is 0.604. The van der Waals surface area contributed by atoms with Crippen molar-refractivity contribution >= 4 is 22.5 Å². The van der Waals surface area contributed by atoms with Gasteiger partial charge in [0.1, 0.15) is 6.61 Å². The molecule has 5 heteroatoms. The van der Waals surface area contributed by atoms with Crippen molar-refractivity contribution in [3.8, 4) is 0 Å². The van der Waals surface area contributed by atoms with Crippen LogP contribution in [-0.2, 0) is 16.0 Å². The maximum Gasteiger partial charge on any atom is 0.250 e. The largest absolute Gasteiger partial charge is 0.368 e. The van der Waals surface area contributed by atoms with E-state index in [1.54, 1.807) is 0 Å². The van der Waals surface area contributed by atoms with E-state index in [2.05, 4.69) is 10.3 Å². The molecule has 2 aromatic carbocycles. The smallest absolute Gasteiger partial charge is 0.250 e. The lowest BCUT2D eigenvalue weighted by atomic mass is 10.1. The lowest BCUT2D eigenvalue weighted by Crippen LogP contribution is -2.24. The molecule has 0 aliphatic carbocycles. The number of hydrogen-bond acceptors (Lipinski definition) is 3. The fourth-order valence-electron chi connectivity index (χ4n) is 2.84. The molecule has 0 spiro atoms. The van der Waals surface area contributed by atoms with Gasteiger partial charge in [-0.15, -0.1) is 0 Å². The Labute approximate surface area is 146 Å². The Morgan fingerprint density at radius 1 is 1.16 bits per heavy atom. The first-order valence-corrected chi connectivity index (χ1v) is 8.25. The van der Waals surface area contributed by atoms with Gasteiger partial charge in [-0.2, -0.15) is 0 Å². The molecule has 3 N–H and O–H groups in total. The number of carbonyl (C=O) groups excluding carboxylic acids is 1. The molecule has 0 aliphatic rings. The minimum Gasteiger partial charge on any atom is -0.368 e. The number of fused-ring (bicyclic) bond motifs is 1. The van der Waals surface area contributed by atoms with E-state index in [-0.39, 0.29) is 12.5 Å². The Kier molecular flexibility index (Phi) is 5.16. The van der Waals surface area contributed by atoms with Gasteiger partial charge in [-0.1, -0.05) is 35.9 Å². The van der Waals surface area contributed by atoms with Crippen LogP contribution in [0.1, 0.15) is 16.8 Å².